The summed E-state index contributed by atoms with van der Waals surface area (Å²) in [5.74, 6) is 2.25. The van der Waals surface area contributed by atoms with Crippen molar-refractivity contribution in [3.05, 3.63) is 42.9 Å². The molecule has 0 aliphatic heterocycles. The van der Waals surface area contributed by atoms with Gasteiger partial charge in [0.1, 0.15) is 29.2 Å². The zero-order chi connectivity index (χ0) is 15.8. The van der Waals surface area contributed by atoms with Gasteiger partial charge in [0.25, 0.3) is 0 Å². The summed E-state index contributed by atoms with van der Waals surface area (Å²) in [5, 5.41) is 1.96. The number of hydrogen-bond donors (Lipinski definition) is 1. The maximum absolute atomic E-state index is 5.66. The maximum Gasteiger partial charge on any atom is 0.161 e. The predicted octanol–water partition coefficient (Wildman–Crippen LogP) is 3.19. The van der Waals surface area contributed by atoms with E-state index < -0.39 is 0 Å². The number of rotatable bonds is 3. The van der Waals surface area contributed by atoms with Crippen molar-refractivity contribution < 1.29 is 9.47 Å². The second-order valence-corrected chi connectivity index (χ2v) is 5.04. The van der Waals surface area contributed by atoms with Crippen LogP contribution >= 0.6 is 0 Å². The standard InChI is InChI=1S/C17H14N4O2/c1-22-14-5-3-4-11-10(14)6-7-12(15(11)23-2)16-20-13-8-18-9-19-17(13)21-16/h3-9H,1-2H3,(H,18,19,20,21). The summed E-state index contributed by atoms with van der Waals surface area (Å²) in [5.41, 5.74) is 2.28. The molecule has 2 heterocycles. The molecule has 4 aromatic rings. The lowest BCUT2D eigenvalue weighted by molar-refractivity contribution is 0.416. The van der Waals surface area contributed by atoms with Crippen LogP contribution in [0.3, 0.4) is 0 Å². The molecule has 0 saturated heterocycles. The first-order chi connectivity index (χ1) is 11.3. The molecule has 0 aliphatic carbocycles. The molecular formula is C17H14N4O2. The Kier molecular flexibility index (Phi) is 3.08. The van der Waals surface area contributed by atoms with Gasteiger partial charge in [-0.25, -0.2) is 15.0 Å². The number of nitrogens with one attached hydrogen (secondary N) is 1. The smallest absolute Gasteiger partial charge is 0.161 e. The monoisotopic (exact) mass is 306 g/mol. The molecule has 2 aromatic carbocycles. The molecule has 0 radical (unpaired) electrons. The molecular weight excluding hydrogens is 292 g/mol. The number of H-pyrrole nitrogens is 1. The third-order valence-corrected chi connectivity index (χ3v) is 3.81. The van der Waals surface area contributed by atoms with Crippen molar-refractivity contribution in [1.29, 1.82) is 0 Å². The summed E-state index contributed by atoms with van der Waals surface area (Å²) >= 11 is 0. The fraction of sp³-hybridized carbons (Fsp3) is 0.118. The molecule has 2 aromatic heterocycles. The minimum atomic E-state index is 0.696. The first-order valence-electron chi connectivity index (χ1n) is 7.11. The van der Waals surface area contributed by atoms with E-state index in [1.165, 1.54) is 6.33 Å². The van der Waals surface area contributed by atoms with Crippen molar-refractivity contribution in [2.24, 2.45) is 0 Å². The number of fused-ring (bicyclic) bond motifs is 2. The first kappa shape index (κ1) is 13.5. The number of hydrogen-bond acceptors (Lipinski definition) is 5. The van der Waals surface area contributed by atoms with Gasteiger partial charge in [0.15, 0.2) is 5.65 Å². The molecule has 0 amide bonds. The van der Waals surface area contributed by atoms with Gasteiger partial charge in [-0.3, -0.25) is 0 Å². The topological polar surface area (TPSA) is 72.9 Å². The van der Waals surface area contributed by atoms with E-state index in [9.17, 15) is 0 Å². The maximum atomic E-state index is 5.66. The van der Waals surface area contributed by atoms with Crippen LogP contribution < -0.4 is 9.47 Å². The van der Waals surface area contributed by atoms with Crippen LogP contribution in [0.1, 0.15) is 0 Å². The lowest BCUT2D eigenvalue weighted by atomic mass is 10.0. The van der Waals surface area contributed by atoms with Gasteiger partial charge in [0, 0.05) is 10.8 Å². The Morgan fingerprint density at radius 1 is 1.00 bits per heavy atom. The van der Waals surface area contributed by atoms with Crippen LogP contribution in [0.2, 0.25) is 0 Å². The van der Waals surface area contributed by atoms with E-state index in [0.29, 0.717) is 11.5 Å². The minimum Gasteiger partial charge on any atom is -0.496 e. The van der Waals surface area contributed by atoms with Crippen LogP contribution in [-0.4, -0.2) is 34.2 Å². The van der Waals surface area contributed by atoms with Gasteiger partial charge >= 0.3 is 0 Å². The van der Waals surface area contributed by atoms with E-state index in [0.717, 1.165) is 33.4 Å². The van der Waals surface area contributed by atoms with Crippen molar-refractivity contribution in [2.45, 2.75) is 0 Å². The SMILES string of the molecule is COc1cccc2c(OC)c(-c3nc4cncnc4[nH]3)ccc12. The molecule has 0 atom stereocenters. The summed E-state index contributed by atoms with van der Waals surface area (Å²) in [6.45, 7) is 0. The minimum absolute atomic E-state index is 0.696. The van der Waals surface area contributed by atoms with Gasteiger partial charge in [-0.1, -0.05) is 12.1 Å². The molecule has 6 heteroatoms. The van der Waals surface area contributed by atoms with Crippen molar-refractivity contribution in [3.8, 4) is 22.9 Å². The molecule has 0 fully saturated rings. The largest absolute Gasteiger partial charge is 0.496 e. The Morgan fingerprint density at radius 2 is 1.91 bits per heavy atom. The summed E-state index contributed by atoms with van der Waals surface area (Å²) in [6, 6.07) is 9.85. The summed E-state index contributed by atoms with van der Waals surface area (Å²) in [4.78, 5) is 15.9. The Labute approximate surface area is 132 Å². The average molecular weight is 306 g/mol. The molecule has 0 unspecified atom stereocenters. The van der Waals surface area contributed by atoms with Crippen molar-refractivity contribution >= 4 is 21.9 Å². The molecule has 0 aliphatic rings. The summed E-state index contributed by atoms with van der Waals surface area (Å²) in [7, 11) is 3.31. The van der Waals surface area contributed by atoms with Crippen molar-refractivity contribution in [2.75, 3.05) is 14.2 Å². The lowest BCUT2D eigenvalue weighted by Gasteiger charge is -2.12. The Bertz CT molecular complexity index is 977. The Balaban J connectivity index is 1.99. The lowest BCUT2D eigenvalue weighted by Crippen LogP contribution is -1.93. The number of imidazole rings is 1. The third kappa shape index (κ3) is 2.07. The summed E-state index contributed by atoms with van der Waals surface area (Å²) < 4.78 is 11.1. The van der Waals surface area contributed by atoms with Gasteiger partial charge < -0.3 is 14.5 Å². The van der Waals surface area contributed by atoms with Crippen LogP contribution in [0, 0.1) is 0 Å². The van der Waals surface area contributed by atoms with Gasteiger partial charge in [0.05, 0.1) is 26.0 Å². The zero-order valence-electron chi connectivity index (χ0n) is 12.7. The molecule has 0 saturated carbocycles. The van der Waals surface area contributed by atoms with Crippen LogP contribution in [0.4, 0.5) is 0 Å². The Morgan fingerprint density at radius 3 is 2.70 bits per heavy atom. The number of benzene rings is 2. The van der Waals surface area contributed by atoms with E-state index in [4.69, 9.17) is 9.47 Å². The van der Waals surface area contributed by atoms with Crippen LogP contribution in [-0.2, 0) is 0 Å². The molecule has 4 rings (SSSR count). The number of methoxy groups -OCH3 is 2. The highest BCUT2D eigenvalue weighted by molar-refractivity contribution is 5.98. The van der Waals surface area contributed by atoms with Crippen molar-refractivity contribution in [3.63, 3.8) is 0 Å². The Hall–Kier alpha value is -3.15. The summed E-state index contributed by atoms with van der Waals surface area (Å²) in [6.07, 6.45) is 3.17. The number of aromatic nitrogens is 4. The third-order valence-electron chi connectivity index (χ3n) is 3.81. The highest BCUT2D eigenvalue weighted by atomic mass is 16.5. The van der Waals surface area contributed by atoms with Gasteiger partial charge in [0.2, 0.25) is 0 Å². The number of nitrogens with zero attached hydrogens (tertiary/aromatic N) is 3. The normalized spacial score (nSPS) is 11.0. The highest BCUT2D eigenvalue weighted by Crippen LogP contribution is 2.39. The first-order valence-corrected chi connectivity index (χ1v) is 7.11. The van der Waals surface area contributed by atoms with Crippen LogP contribution in [0.5, 0.6) is 11.5 Å². The molecule has 0 spiro atoms. The predicted molar refractivity (Wildman–Crippen MR) is 87.7 cm³/mol. The van der Waals surface area contributed by atoms with Crippen LogP contribution in [0.25, 0.3) is 33.3 Å². The number of ether oxygens (including phenoxy) is 2. The van der Waals surface area contributed by atoms with Gasteiger partial charge in [-0.05, 0) is 18.2 Å². The van der Waals surface area contributed by atoms with Gasteiger partial charge in [-0.2, -0.15) is 0 Å². The van der Waals surface area contributed by atoms with E-state index in [1.54, 1.807) is 20.4 Å². The fourth-order valence-corrected chi connectivity index (χ4v) is 2.77. The number of aromatic amines is 1. The van der Waals surface area contributed by atoms with E-state index in [2.05, 4.69) is 19.9 Å². The second-order valence-electron chi connectivity index (χ2n) is 5.04. The van der Waals surface area contributed by atoms with Gasteiger partial charge in [-0.15, -0.1) is 0 Å². The molecule has 0 bridgehead atoms. The molecule has 6 nitrogen and oxygen atoms in total. The van der Waals surface area contributed by atoms with E-state index >= 15 is 0 Å². The van der Waals surface area contributed by atoms with E-state index in [-0.39, 0.29) is 0 Å². The molecule has 23 heavy (non-hydrogen) atoms. The second kappa shape index (κ2) is 5.24. The fourth-order valence-electron chi connectivity index (χ4n) is 2.77. The van der Waals surface area contributed by atoms with Crippen molar-refractivity contribution in [1.82, 2.24) is 19.9 Å². The average Bonchev–Trinajstić information content (AvgIpc) is 3.03. The van der Waals surface area contributed by atoms with Crippen LogP contribution in [0.15, 0.2) is 42.9 Å². The quantitative estimate of drug-likeness (QED) is 0.629. The zero-order valence-corrected chi connectivity index (χ0v) is 12.7. The highest BCUT2D eigenvalue weighted by Gasteiger charge is 2.15. The van der Waals surface area contributed by atoms with E-state index in [1.807, 2.05) is 30.3 Å². The molecule has 114 valence electrons. The molecule has 1 N–H and O–H groups in total.